The van der Waals surface area contributed by atoms with E-state index in [0.29, 0.717) is 18.9 Å². The molecule has 9 nitrogen and oxygen atoms in total. The van der Waals surface area contributed by atoms with Crippen molar-refractivity contribution in [2.24, 2.45) is 0 Å². The first-order valence-electron chi connectivity index (χ1n) is 11.3. The Morgan fingerprint density at radius 2 is 1.57 bits per heavy atom. The van der Waals surface area contributed by atoms with Crippen LogP contribution in [0.2, 0.25) is 0 Å². The molecule has 0 aliphatic carbocycles. The molecule has 0 aliphatic rings. The topological polar surface area (TPSA) is 122 Å². The first-order chi connectivity index (χ1) is 17.0. The van der Waals surface area contributed by atoms with Gasteiger partial charge >= 0.3 is 5.97 Å². The Hall–Kier alpha value is -4.27. The molecule has 0 saturated heterocycles. The number of rotatable bonds is 12. The number of hydrogen-bond donors (Lipinski definition) is 3. The number of methoxy groups -OCH3 is 1. The van der Waals surface area contributed by atoms with Crippen LogP contribution in [-0.2, 0) is 19.1 Å². The maximum atomic E-state index is 12.5. The molecule has 0 spiro atoms. The minimum atomic E-state index is -0.577. The van der Waals surface area contributed by atoms with E-state index in [9.17, 15) is 14.4 Å². The summed E-state index contributed by atoms with van der Waals surface area (Å²) < 4.78 is 4.79. The zero-order chi connectivity index (χ0) is 24.9. The lowest BCUT2D eigenvalue weighted by Gasteiger charge is -2.19. The minimum Gasteiger partial charge on any atom is -0.469 e. The Morgan fingerprint density at radius 1 is 0.886 bits per heavy atom. The summed E-state index contributed by atoms with van der Waals surface area (Å²) >= 11 is 0. The highest BCUT2D eigenvalue weighted by Crippen LogP contribution is 2.23. The third-order valence-electron chi connectivity index (χ3n) is 5.23. The second-order valence-electron chi connectivity index (χ2n) is 7.77. The Kier molecular flexibility index (Phi) is 9.74. The van der Waals surface area contributed by atoms with Crippen molar-refractivity contribution in [2.45, 2.75) is 25.3 Å². The highest BCUT2D eigenvalue weighted by Gasteiger charge is 2.19. The molecular weight excluding hydrogens is 446 g/mol. The number of nitrogens with one attached hydrogen (secondary N) is 3. The van der Waals surface area contributed by atoms with Gasteiger partial charge in [0.05, 0.1) is 26.1 Å². The van der Waals surface area contributed by atoms with Gasteiger partial charge in [0.15, 0.2) is 0 Å². The van der Waals surface area contributed by atoms with Crippen LogP contribution in [0.3, 0.4) is 0 Å². The van der Waals surface area contributed by atoms with Gasteiger partial charge in [-0.3, -0.25) is 14.4 Å². The van der Waals surface area contributed by atoms with Crippen molar-refractivity contribution in [3.63, 3.8) is 0 Å². The van der Waals surface area contributed by atoms with Crippen molar-refractivity contribution in [3.8, 4) is 11.1 Å². The van der Waals surface area contributed by atoms with E-state index in [1.807, 2.05) is 54.6 Å². The van der Waals surface area contributed by atoms with Gasteiger partial charge < -0.3 is 20.7 Å². The highest BCUT2D eigenvalue weighted by atomic mass is 16.5. The van der Waals surface area contributed by atoms with E-state index in [1.165, 1.54) is 7.11 Å². The predicted octanol–water partition coefficient (Wildman–Crippen LogP) is 2.87. The van der Waals surface area contributed by atoms with E-state index in [4.69, 9.17) is 4.74 Å². The average molecular weight is 476 g/mol. The molecule has 1 aromatic heterocycles. The van der Waals surface area contributed by atoms with Crippen molar-refractivity contribution in [2.75, 3.05) is 25.5 Å². The number of carbonyl (C=O) groups is 3. The van der Waals surface area contributed by atoms with Crippen LogP contribution >= 0.6 is 0 Å². The number of aromatic nitrogens is 2. The van der Waals surface area contributed by atoms with Crippen LogP contribution in [0.4, 0.5) is 5.95 Å². The molecule has 3 rings (SSSR count). The number of nitrogens with zero attached hydrogens (tertiary/aromatic N) is 2. The summed E-state index contributed by atoms with van der Waals surface area (Å²) in [7, 11) is 1.30. The van der Waals surface area contributed by atoms with E-state index in [2.05, 4.69) is 25.9 Å². The van der Waals surface area contributed by atoms with Gasteiger partial charge in [-0.25, -0.2) is 9.97 Å². The Morgan fingerprint density at radius 3 is 2.26 bits per heavy atom. The van der Waals surface area contributed by atoms with E-state index >= 15 is 0 Å². The molecule has 0 fully saturated rings. The molecular formula is C26H29N5O4. The molecule has 1 unspecified atom stereocenters. The number of benzene rings is 2. The molecule has 0 saturated carbocycles. The van der Waals surface area contributed by atoms with E-state index in [1.54, 1.807) is 18.5 Å². The van der Waals surface area contributed by atoms with Crippen molar-refractivity contribution < 1.29 is 19.1 Å². The number of hydrogen-bond acceptors (Lipinski definition) is 7. The lowest BCUT2D eigenvalue weighted by molar-refractivity contribution is -0.141. The predicted molar refractivity (Wildman–Crippen MR) is 132 cm³/mol. The van der Waals surface area contributed by atoms with Gasteiger partial charge in [-0.2, -0.15) is 0 Å². The lowest BCUT2D eigenvalue weighted by atomic mass is 9.99. The number of carbonyl (C=O) groups excluding carboxylic acids is 3. The summed E-state index contributed by atoms with van der Waals surface area (Å²) in [6.07, 6.45) is 4.05. The molecule has 35 heavy (non-hydrogen) atoms. The second-order valence-corrected chi connectivity index (χ2v) is 7.77. The van der Waals surface area contributed by atoms with E-state index in [0.717, 1.165) is 16.7 Å². The highest BCUT2D eigenvalue weighted by molar-refractivity contribution is 5.85. The molecule has 9 heteroatoms. The van der Waals surface area contributed by atoms with Gasteiger partial charge in [-0.15, -0.1) is 0 Å². The van der Waals surface area contributed by atoms with Crippen LogP contribution < -0.4 is 16.0 Å². The second kappa shape index (κ2) is 13.4. The van der Waals surface area contributed by atoms with Gasteiger partial charge in [0, 0.05) is 25.4 Å². The molecule has 1 atom stereocenters. The van der Waals surface area contributed by atoms with Crippen LogP contribution in [0.15, 0.2) is 73.1 Å². The average Bonchev–Trinajstić information content (AvgIpc) is 2.90. The van der Waals surface area contributed by atoms with Crippen LogP contribution in [0.5, 0.6) is 0 Å². The molecule has 182 valence electrons. The molecule has 0 radical (unpaired) electrons. The summed E-state index contributed by atoms with van der Waals surface area (Å²) in [6, 6.07) is 18.7. The standard InChI is InChI=1S/C26H29N5O4/c1-35-25(34)17-22(21-12-10-20(11-13-21)19-7-3-2-4-8-19)31-24(33)18-30-23(32)9-5-14-27-26-28-15-6-16-29-26/h2-4,6-8,10-13,15-16,22H,5,9,14,17-18H2,1H3,(H,30,32)(H,31,33)(H,27,28,29). The first kappa shape index (κ1) is 25.4. The molecule has 0 bridgehead atoms. The maximum Gasteiger partial charge on any atom is 0.307 e. The molecule has 3 aromatic rings. The Balaban J connectivity index is 1.48. The van der Waals surface area contributed by atoms with E-state index in [-0.39, 0.29) is 25.3 Å². The number of anilines is 1. The van der Waals surface area contributed by atoms with E-state index < -0.39 is 17.9 Å². The molecule has 2 amide bonds. The number of esters is 1. The summed E-state index contributed by atoms with van der Waals surface area (Å²) in [5, 5.41) is 8.45. The van der Waals surface area contributed by atoms with Gasteiger partial charge in [-0.1, -0.05) is 54.6 Å². The van der Waals surface area contributed by atoms with Crippen LogP contribution in [0.25, 0.3) is 11.1 Å². The van der Waals surface area contributed by atoms with Crippen LogP contribution in [0, 0.1) is 0 Å². The third kappa shape index (κ3) is 8.54. The monoisotopic (exact) mass is 475 g/mol. The smallest absolute Gasteiger partial charge is 0.307 e. The molecule has 1 heterocycles. The summed E-state index contributed by atoms with van der Waals surface area (Å²) in [6.45, 7) is 0.345. The van der Waals surface area contributed by atoms with Crippen molar-refractivity contribution in [1.82, 2.24) is 20.6 Å². The van der Waals surface area contributed by atoms with Crippen molar-refractivity contribution in [1.29, 1.82) is 0 Å². The fraction of sp³-hybridized carbons (Fsp3) is 0.269. The Bertz CT molecular complexity index is 1090. The quantitative estimate of drug-likeness (QED) is 0.272. The molecule has 3 N–H and O–H groups in total. The zero-order valence-corrected chi connectivity index (χ0v) is 19.6. The van der Waals surface area contributed by atoms with Crippen molar-refractivity contribution >= 4 is 23.7 Å². The summed E-state index contributed by atoms with van der Waals surface area (Å²) in [5.41, 5.74) is 2.86. The maximum absolute atomic E-state index is 12.5. The van der Waals surface area contributed by atoms with Gasteiger partial charge in [0.2, 0.25) is 17.8 Å². The summed E-state index contributed by atoms with van der Waals surface area (Å²) in [4.78, 5) is 44.6. The van der Waals surface area contributed by atoms with Gasteiger partial charge in [-0.05, 0) is 29.2 Å². The normalized spacial score (nSPS) is 11.2. The number of amides is 2. The Labute approximate surface area is 204 Å². The van der Waals surface area contributed by atoms with Crippen LogP contribution in [0.1, 0.15) is 30.9 Å². The minimum absolute atomic E-state index is 0.0197. The fourth-order valence-corrected chi connectivity index (χ4v) is 3.39. The van der Waals surface area contributed by atoms with Gasteiger partial charge in [0.1, 0.15) is 0 Å². The number of ether oxygens (including phenoxy) is 1. The fourth-order valence-electron chi connectivity index (χ4n) is 3.39. The molecule has 2 aromatic carbocycles. The van der Waals surface area contributed by atoms with Gasteiger partial charge in [0.25, 0.3) is 0 Å². The first-order valence-corrected chi connectivity index (χ1v) is 11.3. The third-order valence-corrected chi connectivity index (χ3v) is 5.23. The lowest BCUT2D eigenvalue weighted by Crippen LogP contribution is -2.39. The summed E-state index contributed by atoms with van der Waals surface area (Å²) in [5.74, 6) is -0.579. The van der Waals surface area contributed by atoms with Crippen LogP contribution in [-0.4, -0.2) is 48.0 Å². The van der Waals surface area contributed by atoms with Crippen molar-refractivity contribution in [3.05, 3.63) is 78.6 Å². The SMILES string of the molecule is COC(=O)CC(NC(=O)CNC(=O)CCCNc1ncccn1)c1ccc(-c2ccccc2)cc1. The largest absolute Gasteiger partial charge is 0.469 e. The molecule has 0 aliphatic heterocycles. The zero-order valence-electron chi connectivity index (χ0n) is 19.6.